The number of rotatable bonds is 8. The van der Waals surface area contributed by atoms with Crippen LogP contribution in [0.5, 0.6) is 0 Å². The zero-order valence-corrected chi connectivity index (χ0v) is 31.5. The number of piperidine rings is 2. The van der Waals surface area contributed by atoms with Gasteiger partial charge in [0.2, 0.25) is 17.5 Å². The second-order valence-electron chi connectivity index (χ2n) is 15.4. The summed E-state index contributed by atoms with van der Waals surface area (Å²) in [6.45, 7) is 11.2. The molecule has 284 valence electrons. The summed E-state index contributed by atoms with van der Waals surface area (Å²) in [7, 11) is 2.05. The van der Waals surface area contributed by atoms with E-state index in [0.717, 1.165) is 85.4 Å². The van der Waals surface area contributed by atoms with Crippen LogP contribution < -0.4 is 15.5 Å². The van der Waals surface area contributed by atoms with Crippen LogP contribution in [0.15, 0.2) is 48.7 Å². The molecule has 1 aromatic heterocycles. The second kappa shape index (κ2) is 15.2. The van der Waals surface area contributed by atoms with Crippen molar-refractivity contribution in [3.05, 3.63) is 98.6 Å². The first-order valence-electron chi connectivity index (χ1n) is 19.1. The Balaban J connectivity index is 0.784. The van der Waals surface area contributed by atoms with Crippen LogP contribution in [0.3, 0.4) is 0 Å². The minimum absolute atomic E-state index is 0.0950. The van der Waals surface area contributed by atoms with Crippen LogP contribution in [0.1, 0.15) is 99.3 Å². The van der Waals surface area contributed by atoms with Crippen LogP contribution in [0.2, 0.25) is 5.02 Å². The van der Waals surface area contributed by atoms with Crippen molar-refractivity contribution in [2.45, 2.75) is 95.2 Å². The molecule has 14 heteroatoms. The molecular formula is C41H43ClN8O5. The SMILES string of the molecule is [C-]#[N+]c1ccc(N(C)C2CCC(NC(=O)c3ccc(CN4CCC(N5Cc6cc7c(cc6C5)C(=O)N(C5CCC(=O)NC5=O)C7=O)CC4)cn3)CC2)cc1Cl. The topological polar surface area (TPSA) is 140 Å². The number of amides is 5. The van der Waals surface area contributed by atoms with Crippen molar-refractivity contribution in [2.24, 2.45) is 0 Å². The Labute approximate surface area is 324 Å². The lowest BCUT2D eigenvalue weighted by Gasteiger charge is -2.36. The number of anilines is 1. The van der Waals surface area contributed by atoms with Crippen LogP contribution in [0, 0.1) is 6.57 Å². The number of fused-ring (bicyclic) bond motifs is 2. The minimum Gasteiger partial charge on any atom is -0.372 e. The highest BCUT2D eigenvalue weighted by atomic mass is 35.5. The standard InChI is InChI=1S/C41H43ClN8O5/c1-43-34-10-8-30(19-33(34)42)47(2)28-6-4-27(5-7-28)45-38(52)35-9-3-24(20-44-35)21-48-15-13-29(14-16-48)49-22-25-17-31-32(18-26(25)23-49)41(55)50(40(31)54)36-11-12-37(51)46-39(36)53/h3,8-10,17-20,27-29,36H,4-7,11-16,21-23H2,2H3,(H,45,52)(H,46,51,53). The fourth-order valence-corrected chi connectivity index (χ4v) is 9.11. The Morgan fingerprint density at radius 1 is 0.945 bits per heavy atom. The van der Waals surface area contributed by atoms with E-state index >= 15 is 0 Å². The number of hydrogen-bond donors (Lipinski definition) is 2. The first kappa shape index (κ1) is 36.8. The van der Waals surface area contributed by atoms with Gasteiger partial charge < -0.3 is 10.2 Å². The maximum absolute atomic E-state index is 13.3. The molecule has 0 bridgehead atoms. The molecule has 5 heterocycles. The average Bonchev–Trinajstić information content (AvgIpc) is 3.71. The molecule has 3 aromatic rings. The Hall–Kier alpha value is -5.16. The van der Waals surface area contributed by atoms with E-state index in [1.54, 1.807) is 12.3 Å². The number of nitrogens with zero attached hydrogens (tertiary/aromatic N) is 6. The maximum atomic E-state index is 13.3. The number of carbonyl (C=O) groups excluding carboxylic acids is 5. The highest BCUT2D eigenvalue weighted by Crippen LogP contribution is 2.36. The molecule has 0 radical (unpaired) electrons. The van der Waals surface area contributed by atoms with Crippen LogP contribution in [-0.2, 0) is 29.2 Å². The Morgan fingerprint density at radius 3 is 2.24 bits per heavy atom. The maximum Gasteiger partial charge on any atom is 0.270 e. The number of halogens is 1. The predicted molar refractivity (Wildman–Crippen MR) is 205 cm³/mol. The zero-order valence-electron chi connectivity index (χ0n) is 30.7. The van der Waals surface area contributed by atoms with E-state index in [0.29, 0.717) is 52.7 Å². The van der Waals surface area contributed by atoms with Crippen molar-refractivity contribution in [3.63, 3.8) is 0 Å². The number of imide groups is 2. The van der Waals surface area contributed by atoms with Gasteiger partial charge in [-0.25, -0.2) is 4.85 Å². The summed E-state index contributed by atoms with van der Waals surface area (Å²) in [6, 6.07) is 12.8. The summed E-state index contributed by atoms with van der Waals surface area (Å²) < 4.78 is 0. The van der Waals surface area contributed by atoms with Crippen molar-refractivity contribution in [3.8, 4) is 0 Å². The molecule has 1 aliphatic carbocycles. The van der Waals surface area contributed by atoms with Gasteiger partial charge in [0.1, 0.15) is 11.7 Å². The molecule has 1 unspecified atom stereocenters. The summed E-state index contributed by atoms with van der Waals surface area (Å²) in [5.74, 6) is -2.08. The molecule has 2 aromatic carbocycles. The Kier molecular flexibility index (Phi) is 10.1. The smallest absolute Gasteiger partial charge is 0.270 e. The summed E-state index contributed by atoms with van der Waals surface area (Å²) in [5, 5.41) is 5.89. The van der Waals surface area contributed by atoms with Gasteiger partial charge in [-0.2, -0.15) is 0 Å². The Morgan fingerprint density at radius 2 is 1.64 bits per heavy atom. The third-order valence-electron chi connectivity index (χ3n) is 12.1. The number of hydrogen-bond acceptors (Lipinski definition) is 9. The number of carbonyl (C=O) groups is 5. The number of aromatic nitrogens is 1. The lowest BCUT2D eigenvalue weighted by molar-refractivity contribution is -0.136. The van der Waals surface area contributed by atoms with Crippen molar-refractivity contribution < 1.29 is 24.0 Å². The molecule has 5 aliphatic rings. The number of nitrogens with one attached hydrogen (secondary N) is 2. The second-order valence-corrected chi connectivity index (χ2v) is 15.8. The van der Waals surface area contributed by atoms with E-state index in [1.165, 1.54) is 0 Å². The van der Waals surface area contributed by atoms with Crippen molar-refractivity contribution in [2.75, 3.05) is 25.0 Å². The highest BCUT2D eigenvalue weighted by Gasteiger charge is 2.45. The van der Waals surface area contributed by atoms with E-state index < -0.39 is 23.8 Å². The number of pyridine rings is 1. The third-order valence-corrected chi connectivity index (χ3v) is 12.4. The number of likely N-dealkylation sites (tertiary alicyclic amines) is 1. The molecule has 13 nitrogen and oxygen atoms in total. The number of benzene rings is 2. The van der Waals surface area contributed by atoms with Gasteiger partial charge in [0, 0.05) is 68.1 Å². The molecule has 4 aliphatic heterocycles. The van der Waals surface area contributed by atoms with Gasteiger partial charge in [-0.15, -0.1) is 0 Å². The molecule has 0 spiro atoms. The van der Waals surface area contributed by atoms with Gasteiger partial charge in [-0.3, -0.25) is 49.0 Å². The molecule has 3 fully saturated rings. The molecule has 8 rings (SSSR count). The monoisotopic (exact) mass is 762 g/mol. The van der Waals surface area contributed by atoms with E-state index in [2.05, 4.69) is 42.2 Å². The summed E-state index contributed by atoms with van der Waals surface area (Å²) in [4.78, 5) is 79.8. The van der Waals surface area contributed by atoms with Crippen LogP contribution >= 0.6 is 11.6 Å². The van der Waals surface area contributed by atoms with Crippen LogP contribution in [0.25, 0.3) is 4.85 Å². The molecule has 1 saturated carbocycles. The summed E-state index contributed by atoms with van der Waals surface area (Å²) >= 11 is 6.27. The quantitative estimate of drug-likeness (QED) is 0.244. The van der Waals surface area contributed by atoms with Crippen LogP contribution in [0.4, 0.5) is 11.4 Å². The molecular weight excluding hydrogens is 720 g/mol. The van der Waals surface area contributed by atoms with Crippen molar-refractivity contribution in [1.82, 2.24) is 30.3 Å². The molecule has 2 saturated heterocycles. The molecule has 1 atom stereocenters. The van der Waals surface area contributed by atoms with Gasteiger partial charge in [-0.1, -0.05) is 23.7 Å². The largest absolute Gasteiger partial charge is 0.372 e. The lowest BCUT2D eigenvalue weighted by atomic mass is 9.90. The average molecular weight is 763 g/mol. The van der Waals surface area contributed by atoms with E-state index in [-0.39, 0.29) is 30.7 Å². The van der Waals surface area contributed by atoms with Gasteiger partial charge >= 0.3 is 0 Å². The predicted octanol–water partition coefficient (Wildman–Crippen LogP) is 4.84. The first-order chi connectivity index (χ1) is 26.6. The van der Waals surface area contributed by atoms with E-state index in [9.17, 15) is 24.0 Å². The van der Waals surface area contributed by atoms with E-state index in [4.69, 9.17) is 18.2 Å². The normalized spacial score (nSPS) is 23.3. The van der Waals surface area contributed by atoms with Crippen LogP contribution in [-0.4, -0.2) is 93.5 Å². The zero-order chi connectivity index (χ0) is 38.4. The summed E-state index contributed by atoms with van der Waals surface area (Å²) in [6.07, 6.45) is 7.64. The first-order valence-corrected chi connectivity index (χ1v) is 19.4. The lowest BCUT2D eigenvalue weighted by Crippen LogP contribution is -2.54. The highest BCUT2D eigenvalue weighted by molar-refractivity contribution is 6.33. The van der Waals surface area contributed by atoms with Crippen molar-refractivity contribution >= 4 is 52.5 Å². The fraction of sp³-hybridized carbons (Fsp3) is 0.439. The van der Waals surface area contributed by atoms with E-state index in [1.807, 2.05) is 36.4 Å². The third kappa shape index (κ3) is 7.34. The van der Waals surface area contributed by atoms with Gasteiger partial charge in [0.15, 0.2) is 0 Å². The fourth-order valence-electron chi connectivity index (χ4n) is 8.89. The van der Waals surface area contributed by atoms with Crippen molar-refractivity contribution in [1.29, 1.82) is 0 Å². The van der Waals surface area contributed by atoms with Gasteiger partial charge in [0.05, 0.1) is 17.7 Å². The molecule has 5 amide bonds. The minimum atomic E-state index is -0.964. The molecule has 2 N–H and O–H groups in total. The summed E-state index contributed by atoms with van der Waals surface area (Å²) in [5.41, 5.74) is 5.66. The molecule has 55 heavy (non-hydrogen) atoms. The van der Waals surface area contributed by atoms with Gasteiger partial charge in [0.25, 0.3) is 17.7 Å². The van der Waals surface area contributed by atoms with Gasteiger partial charge in [-0.05, 0) is 105 Å². The Bertz CT molecular complexity index is 2060.